The van der Waals surface area contributed by atoms with Crippen molar-refractivity contribution < 1.29 is 14.3 Å². The van der Waals surface area contributed by atoms with Crippen molar-refractivity contribution in [1.29, 1.82) is 0 Å². The fourth-order valence-corrected chi connectivity index (χ4v) is 3.16. The molecular formula is C16H19BrClIO3. The number of ether oxygens (including phenoxy) is 2. The van der Waals surface area contributed by atoms with Crippen LogP contribution in [0.2, 0.25) is 5.02 Å². The maximum absolute atomic E-state index is 12.6. The summed E-state index contributed by atoms with van der Waals surface area (Å²) in [6, 6.07) is 5.65. The van der Waals surface area contributed by atoms with E-state index in [0.717, 1.165) is 22.9 Å². The summed E-state index contributed by atoms with van der Waals surface area (Å²) in [5.41, 5.74) is 0.366. The van der Waals surface area contributed by atoms with Gasteiger partial charge < -0.3 is 9.47 Å². The number of halogens is 3. The molecule has 1 atom stereocenters. The quantitative estimate of drug-likeness (QED) is 0.286. The predicted octanol–water partition coefficient (Wildman–Crippen LogP) is 5.67. The SMILES string of the molecule is CCOC(c1ccc(Cl)c(Br)c1)C1(C(=O)OC(C)(C)I)CC1. The van der Waals surface area contributed by atoms with Gasteiger partial charge in [-0.2, -0.15) is 0 Å². The Balaban J connectivity index is 2.31. The molecule has 0 N–H and O–H groups in total. The van der Waals surface area contributed by atoms with Crippen molar-refractivity contribution in [3.05, 3.63) is 33.3 Å². The van der Waals surface area contributed by atoms with Gasteiger partial charge in [-0.15, -0.1) is 0 Å². The van der Waals surface area contributed by atoms with Crippen LogP contribution in [-0.2, 0) is 14.3 Å². The normalized spacial score (nSPS) is 17.9. The number of rotatable bonds is 6. The van der Waals surface area contributed by atoms with Crippen molar-refractivity contribution in [1.82, 2.24) is 0 Å². The van der Waals surface area contributed by atoms with Crippen LogP contribution in [0.1, 0.15) is 45.3 Å². The number of carbonyl (C=O) groups excluding carboxylic acids is 1. The molecule has 0 heterocycles. The van der Waals surface area contributed by atoms with E-state index in [9.17, 15) is 4.79 Å². The lowest BCUT2D eigenvalue weighted by Crippen LogP contribution is -2.32. The second kappa shape index (κ2) is 6.95. The molecule has 1 aliphatic rings. The molecule has 0 bridgehead atoms. The summed E-state index contributed by atoms with van der Waals surface area (Å²) in [5, 5.41) is 0.639. The van der Waals surface area contributed by atoms with Gasteiger partial charge in [0.25, 0.3) is 0 Å². The topological polar surface area (TPSA) is 35.5 Å². The Bertz CT molecular complexity index is 567. The lowest BCUT2D eigenvalue weighted by Gasteiger charge is -2.29. The van der Waals surface area contributed by atoms with E-state index < -0.39 is 9.02 Å². The molecule has 122 valence electrons. The van der Waals surface area contributed by atoms with Crippen LogP contribution in [0, 0.1) is 5.41 Å². The highest BCUT2D eigenvalue weighted by molar-refractivity contribution is 14.1. The zero-order chi connectivity index (χ0) is 16.5. The lowest BCUT2D eigenvalue weighted by atomic mass is 9.92. The van der Waals surface area contributed by atoms with Gasteiger partial charge in [-0.3, -0.25) is 4.79 Å². The van der Waals surface area contributed by atoms with Crippen LogP contribution < -0.4 is 0 Å². The average molecular weight is 502 g/mol. The minimum absolute atomic E-state index is 0.184. The van der Waals surface area contributed by atoms with Gasteiger partial charge in [0.05, 0.1) is 16.5 Å². The average Bonchev–Trinajstić information content (AvgIpc) is 3.19. The lowest BCUT2D eigenvalue weighted by molar-refractivity contribution is -0.162. The minimum atomic E-state index is -0.578. The molecule has 1 unspecified atom stereocenters. The summed E-state index contributed by atoms with van der Waals surface area (Å²) >= 11 is 11.6. The molecule has 1 aliphatic carbocycles. The van der Waals surface area contributed by atoms with Gasteiger partial charge in [-0.25, -0.2) is 0 Å². The molecule has 1 fully saturated rings. The third-order valence-corrected chi connectivity index (χ3v) is 5.05. The molecule has 0 radical (unpaired) electrons. The Labute approximate surface area is 158 Å². The summed E-state index contributed by atoms with van der Waals surface area (Å²) in [5.74, 6) is -0.184. The molecule has 1 saturated carbocycles. The summed E-state index contributed by atoms with van der Waals surface area (Å²) in [6.07, 6.45) is 1.25. The van der Waals surface area contributed by atoms with Gasteiger partial charge in [0, 0.05) is 11.1 Å². The van der Waals surface area contributed by atoms with Crippen molar-refractivity contribution in [2.75, 3.05) is 6.61 Å². The molecular weight excluding hydrogens is 482 g/mol. The number of hydrogen-bond acceptors (Lipinski definition) is 3. The summed E-state index contributed by atoms with van der Waals surface area (Å²) in [4.78, 5) is 12.6. The van der Waals surface area contributed by atoms with E-state index in [0.29, 0.717) is 11.6 Å². The van der Waals surface area contributed by atoms with Gasteiger partial charge in [-0.1, -0.05) is 17.7 Å². The highest BCUT2D eigenvalue weighted by atomic mass is 127. The fourth-order valence-electron chi connectivity index (χ4n) is 2.45. The van der Waals surface area contributed by atoms with Crippen LogP contribution in [0.25, 0.3) is 0 Å². The predicted molar refractivity (Wildman–Crippen MR) is 99.4 cm³/mol. The first-order chi connectivity index (χ1) is 10.2. The zero-order valence-corrected chi connectivity index (χ0v) is 17.3. The second-order valence-corrected chi connectivity index (χ2v) is 9.78. The smallest absolute Gasteiger partial charge is 0.316 e. The first-order valence-corrected chi connectivity index (χ1v) is 9.43. The molecule has 0 saturated heterocycles. The third-order valence-electron chi connectivity index (χ3n) is 3.61. The second-order valence-electron chi connectivity index (χ2n) is 5.92. The highest BCUT2D eigenvalue weighted by Gasteiger charge is 2.59. The van der Waals surface area contributed by atoms with Crippen molar-refractivity contribution in [3.63, 3.8) is 0 Å². The van der Waals surface area contributed by atoms with E-state index in [1.807, 2.05) is 39.0 Å². The van der Waals surface area contributed by atoms with Crippen LogP contribution in [0.15, 0.2) is 22.7 Å². The van der Waals surface area contributed by atoms with Gasteiger partial charge in [-0.05, 0) is 89.8 Å². The maximum Gasteiger partial charge on any atom is 0.316 e. The van der Waals surface area contributed by atoms with Gasteiger partial charge >= 0.3 is 5.97 Å². The molecule has 0 aliphatic heterocycles. The first kappa shape index (κ1) is 18.5. The van der Waals surface area contributed by atoms with Crippen molar-refractivity contribution in [2.45, 2.75) is 43.3 Å². The number of esters is 1. The molecule has 0 aromatic heterocycles. The molecule has 2 rings (SSSR count). The molecule has 0 spiro atoms. The van der Waals surface area contributed by atoms with Crippen molar-refractivity contribution in [2.24, 2.45) is 5.41 Å². The molecule has 3 nitrogen and oxygen atoms in total. The van der Waals surface area contributed by atoms with E-state index in [4.69, 9.17) is 21.1 Å². The Kier molecular flexibility index (Phi) is 5.84. The van der Waals surface area contributed by atoms with E-state index in [2.05, 4.69) is 38.5 Å². The van der Waals surface area contributed by atoms with Crippen LogP contribution in [0.4, 0.5) is 0 Å². The van der Waals surface area contributed by atoms with Crippen LogP contribution in [0.3, 0.4) is 0 Å². The van der Waals surface area contributed by atoms with Crippen LogP contribution >= 0.6 is 50.1 Å². The Morgan fingerprint density at radius 1 is 1.50 bits per heavy atom. The molecule has 1 aromatic rings. The monoisotopic (exact) mass is 500 g/mol. The van der Waals surface area contributed by atoms with Gasteiger partial charge in [0.15, 0.2) is 3.61 Å². The third kappa shape index (κ3) is 4.16. The molecule has 22 heavy (non-hydrogen) atoms. The van der Waals surface area contributed by atoms with E-state index in [1.165, 1.54) is 0 Å². The fraction of sp³-hybridized carbons (Fsp3) is 0.562. The number of carbonyl (C=O) groups is 1. The number of alkyl halides is 1. The molecule has 6 heteroatoms. The summed E-state index contributed by atoms with van der Waals surface area (Å²) in [6.45, 7) is 6.21. The van der Waals surface area contributed by atoms with E-state index in [-0.39, 0.29) is 12.1 Å². The van der Waals surface area contributed by atoms with E-state index >= 15 is 0 Å². The Morgan fingerprint density at radius 3 is 2.59 bits per heavy atom. The first-order valence-electron chi connectivity index (χ1n) is 7.18. The standard InChI is InChI=1S/C16H19BrClIO3/c1-4-21-13(10-5-6-12(18)11(17)9-10)16(7-8-16)14(20)22-15(2,3)19/h5-6,9,13H,4,7-8H2,1-3H3. The van der Waals surface area contributed by atoms with Gasteiger partial charge in [0.1, 0.15) is 0 Å². The van der Waals surface area contributed by atoms with Gasteiger partial charge in [0.2, 0.25) is 0 Å². The zero-order valence-electron chi connectivity index (χ0n) is 12.8. The van der Waals surface area contributed by atoms with Crippen molar-refractivity contribution in [3.8, 4) is 0 Å². The van der Waals surface area contributed by atoms with Crippen molar-refractivity contribution >= 4 is 56.1 Å². The molecule has 1 aromatic carbocycles. The Morgan fingerprint density at radius 2 is 2.14 bits per heavy atom. The highest BCUT2D eigenvalue weighted by Crippen LogP contribution is 2.58. The minimum Gasteiger partial charge on any atom is -0.448 e. The maximum atomic E-state index is 12.6. The summed E-state index contributed by atoms with van der Waals surface area (Å²) < 4.78 is 11.8. The van der Waals surface area contributed by atoms with E-state index in [1.54, 1.807) is 0 Å². The largest absolute Gasteiger partial charge is 0.448 e. The number of benzene rings is 1. The molecule has 0 amide bonds. The summed E-state index contributed by atoms with van der Waals surface area (Å²) in [7, 11) is 0. The van der Waals surface area contributed by atoms with Crippen LogP contribution in [0.5, 0.6) is 0 Å². The van der Waals surface area contributed by atoms with Crippen LogP contribution in [-0.4, -0.2) is 16.2 Å². The Hall–Kier alpha value is 0.150. The number of hydrogen-bond donors (Lipinski definition) is 0.